The van der Waals surface area contributed by atoms with E-state index in [1.807, 2.05) is 0 Å². The van der Waals surface area contributed by atoms with Crippen molar-refractivity contribution in [3.05, 3.63) is 35.4 Å². The van der Waals surface area contributed by atoms with E-state index in [1.54, 1.807) is 6.92 Å². The summed E-state index contributed by atoms with van der Waals surface area (Å²) >= 11 is 0. The van der Waals surface area contributed by atoms with Crippen molar-refractivity contribution in [2.45, 2.75) is 18.9 Å². The molecule has 0 bridgehead atoms. The largest absolute Gasteiger partial charge is 0.383 e. The van der Waals surface area contributed by atoms with Crippen LogP contribution in [0.1, 0.15) is 18.4 Å². The van der Waals surface area contributed by atoms with Gasteiger partial charge in [-0.15, -0.1) is 0 Å². The molecule has 0 saturated carbocycles. The third-order valence-electron chi connectivity index (χ3n) is 2.76. The summed E-state index contributed by atoms with van der Waals surface area (Å²) in [4.78, 5) is 11.5. The molecule has 0 radical (unpaired) electrons. The number of hydrogen-bond donors (Lipinski definition) is 2. The number of carbonyl (C=O) groups is 1. The van der Waals surface area contributed by atoms with Gasteiger partial charge in [0.25, 0.3) is 0 Å². The highest BCUT2D eigenvalue weighted by atomic mass is 19.1. The zero-order valence-electron chi connectivity index (χ0n) is 11.0. The van der Waals surface area contributed by atoms with Crippen LogP contribution in [0.4, 0.5) is 8.78 Å². The first-order chi connectivity index (χ1) is 8.95. The van der Waals surface area contributed by atoms with E-state index >= 15 is 0 Å². The topological polar surface area (TPSA) is 64.3 Å². The Morgan fingerprint density at radius 2 is 2.16 bits per heavy atom. The van der Waals surface area contributed by atoms with Gasteiger partial charge in [0.1, 0.15) is 17.7 Å². The molecule has 0 heterocycles. The zero-order chi connectivity index (χ0) is 14.4. The Bertz CT molecular complexity index is 441. The van der Waals surface area contributed by atoms with Crippen molar-refractivity contribution < 1.29 is 18.3 Å². The second-order valence-corrected chi connectivity index (χ2v) is 4.37. The van der Waals surface area contributed by atoms with Gasteiger partial charge in [0, 0.05) is 25.6 Å². The lowest BCUT2D eigenvalue weighted by atomic mass is 10.0. The maximum atomic E-state index is 13.5. The van der Waals surface area contributed by atoms with E-state index in [4.69, 9.17) is 10.5 Å². The van der Waals surface area contributed by atoms with Gasteiger partial charge in [-0.25, -0.2) is 8.78 Å². The third-order valence-corrected chi connectivity index (χ3v) is 2.76. The first-order valence-electron chi connectivity index (χ1n) is 5.93. The van der Waals surface area contributed by atoms with Gasteiger partial charge < -0.3 is 15.8 Å². The van der Waals surface area contributed by atoms with Crippen LogP contribution in [0, 0.1) is 11.6 Å². The molecule has 0 aliphatic rings. The maximum absolute atomic E-state index is 13.5. The smallest absolute Gasteiger partial charge is 0.239 e. The lowest BCUT2D eigenvalue weighted by Crippen LogP contribution is -2.44. The molecule has 0 aliphatic carbocycles. The lowest BCUT2D eigenvalue weighted by Gasteiger charge is -2.16. The molecule has 0 aromatic heterocycles. The normalized spacial score (nSPS) is 13.9. The SMILES string of the molecule is COCC(N)C(=O)NCC(C)c1ccc(F)cc1F. The highest BCUT2D eigenvalue weighted by molar-refractivity contribution is 5.81. The van der Waals surface area contributed by atoms with Crippen LogP contribution in [0.2, 0.25) is 0 Å². The fourth-order valence-electron chi connectivity index (χ4n) is 1.65. The summed E-state index contributed by atoms with van der Waals surface area (Å²) in [6.45, 7) is 2.07. The zero-order valence-corrected chi connectivity index (χ0v) is 11.0. The highest BCUT2D eigenvalue weighted by Crippen LogP contribution is 2.19. The Balaban J connectivity index is 2.55. The molecule has 106 valence electrons. The van der Waals surface area contributed by atoms with Gasteiger partial charge in [-0.05, 0) is 11.6 Å². The number of nitrogens with two attached hydrogens (primary N) is 1. The van der Waals surface area contributed by atoms with Crippen LogP contribution in [-0.4, -0.2) is 32.2 Å². The molecule has 0 spiro atoms. The van der Waals surface area contributed by atoms with Crippen molar-refractivity contribution in [3.8, 4) is 0 Å². The standard InChI is InChI=1S/C13H18F2N2O2/c1-8(6-17-13(18)12(16)7-19-2)10-4-3-9(14)5-11(10)15/h3-5,8,12H,6-7,16H2,1-2H3,(H,17,18). The second-order valence-electron chi connectivity index (χ2n) is 4.37. The van der Waals surface area contributed by atoms with E-state index in [9.17, 15) is 13.6 Å². The van der Waals surface area contributed by atoms with Gasteiger partial charge in [-0.2, -0.15) is 0 Å². The minimum atomic E-state index is -0.754. The quantitative estimate of drug-likeness (QED) is 0.816. The van der Waals surface area contributed by atoms with E-state index in [0.29, 0.717) is 5.56 Å². The van der Waals surface area contributed by atoms with Crippen molar-refractivity contribution in [3.63, 3.8) is 0 Å². The van der Waals surface area contributed by atoms with Gasteiger partial charge in [0.05, 0.1) is 6.61 Å². The molecule has 1 aromatic rings. The summed E-state index contributed by atoms with van der Waals surface area (Å²) in [6.07, 6.45) is 0. The summed E-state index contributed by atoms with van der Waals surface area (Å²) in [6, 6.07) is 2.63. The number of rotatable bonds is 6. The van der Waals surface area contributed by atoms with Crippen molar-refractivity contribution >= 4 is 5.91 Å². The first kappa shape index (κ1) is 15.5. The van der Waals surface area contributed by atoms with Gasteiger partial charge in [0.2, 0.25) is 5.91 Å². The van der Waals surface area contributed by atoms with E-state index < -0.39 is 17.7 Å². The van der Waals surface area contributed by atoms with E-state index in [0.717, 1.165) is 6.07 Å². The van der Waals surface area contributed by atoms with Gasteiger partial charge in [-0.3, -0.25) is 4.79 Å². The van der Waals surface area contributed by atoms with Gasteiger partial charge in [0.15, 0.2) is 0 Å². The van der Waals surface area contributed by atoms with E-state index in [-0.39, 0.29) is 25.0 Å². The molecular weight excluding hydrogens is 254 g/mol. The molecule has 2 unspecified atom stereocenters. The van der Waals surface area contributed by atoms with Crippen molar-refractivity contribution in [2.75, 3.05) is 20.3 Å². The molecule has 1 amide bonds. The van der Waals surface area contributed by atoms with E-state index in [2.05, 4.69) is 5.32 Å². The summed E-state index contributed by atoms with van der Waals surface area (Å²) in [7, 11) is 1.45. The fraction of sp³-hybridized carbons (Fsp3) is 0.462. The Kier molecular flexibility index (Phi) is 5.85. The van der Waals surface area contributed by atoms with Crippen LogP contribution in [0.3, 0.4) is 0 Å². The number of halogens is 2. The molecule has 0 fully saturated rings. The van der Waals surface area contributed by atoms with Crippen LogP contribution in [0.5, 0.6) is 0 Å². The fourth-order valence-corrected chi connectivity index (χ4v) is 1.65. The minimum absolute atomic E-state index is 0.116. The molecular formula is C13H18F2N2O2. The van der Waals surface area contributed by atoms with Crippen LogP contribution in [0.15, 0.2) is 18.2 Å². The molecule has 3 N–H and O–H groups in total. The summed E-state index contributed by atoms with van der Waals surface area (Å²) in [5.41, 5.74) is 5.89. The van der Waals surface area contributed by atoms with Crippen LogP contribution >= 0.6 is 0 Å². The number of amides is 1. The number of ether oxygens (including phenoxy) is 1. The minimum Gasteiger partial charge on any atom is -0.383 e. The summed E-state index contributed by atoms with van der Waals surface area (Å²) < 4.78 is 31.0. The van der Waals surface area contributed by atoms with Crippen molar-refractivity contribution in [2.24, 2.45) is 5.73 Å². The third kappa shape index (κ3) is 4.57. The number of hydrogen-bond acceptors (Lipinski definition) is 3. The van der Waals surface area contributed by atoms with Gasteiger partial charge in [-0.1, -0.05) is 13.0 Å². The molecule has 0 aliphatic heterocycles. The Labute approximate surface area is 110 Å². The Morgan fingerprint density at radius 3 is 2.74 bits per heavy atom. The monoisotopic (exact) mass is 272 g/mol. The number of carbonyl (C=O) groups excluding carboxylic acids is 1. The van der Waals surface area contributed by atoms with Crippen LogP contribution in [-0.2, 0) is 9.53 Å². The number of nitrogens with one attached hydrogen (secondary N) is 1. The van der Waals surface area contributed by atoms with Crippen LogP contribution < -0.4 is 11.1 Å². The first-order valence-corrected chi connectivity index (χ1v) is 5.93. The van der Waals surface area contributed by atoms with Crippen molar-refractivity contribution in [1.82, 2.24) is 5.32 Å². The molecule has 4 nitrogen and oxygen atoms in total. The number of methoxy groups -OCH3 is 1. The summed E-state index contributed by atoms with van der Waals surface area (Å²) in [5.74, 6) is -1.89. The van der Waals surface area contributed by atoms with E-state index in [1.165, 1.54) is 19.2 Å². The molecule has 19 heavy (non-hydrogen) atoms. The Morgan fingerprint density at radius 1 is 1.47 bits per heavy atom. The predicted molar refractivity (Wildman–Crippen MR) is 67.6 cm³/mol. The van der Waals surface area contributed by atoms with Gasteiger partial charge >= 0.3 is 0 Å². The molecule has 2 atom stereocenters. The number of benzene rings is 1. The molecule has 1 rings (SSSR count). The maximum Gasteiger partial charge on any atom is 0.239 e. The molecule has 0 saturated heterocycles. The Hall–Kier alpha value is -1.53. The average molecular weight is 272 g/mol. The highest BCUT2D eigenvalue weighted by Gasteiger charge is 2.16. The lowest BCUT2D eigenvalue weighted by molar-refractivity contribution is -0.123. The predicted octanol–water partition coefficient (Wildman–Crippen LogP) is 1.16. The second kappa shape index (κ2) is 7.16. The van der Waals surface area contributed by atoms with Crippen LogP contribution in [0.25, 0.3) is 0 Å². The summed E-state index contributed by atoms with van der Waals surface area (Å²) in [5, 5.41) is 2.60. The van der Waals surface area contributed by atoms with Crippen molar-refractivity contribution in [1.29, 1.82) is 0 Å². The molecule has 1 aromatic carbocycles. The average Bonchev–Trinajstić information content (AvgIpc) is 2.35. The molecule has 6 heteroatoms.